The molecule has 0 atom stereocenters. The molecule has 9 heteroatoms. The van der Waals surface area contributed by atoms with Gasteiger partial charge in [0.25, 0.3) is 11.8 Å². The molecule has 0 saturated carbocycles. The van der Waals surface area contributed by atoms with Gasteiger partial charge in [0.2, 0.25) is 0 Å². The highest BCUT2D eigenvalue weighted by Gasteiger charge is 2.19. The molecule has 5 aromatic rings. The Hall–Kier alpha value is -4.79. The molecule has 174 valence electrons. The number of hydrogen-bond donors (Lipinski definition) is 2. The predicted octanol–water partition coefficient (Wildman–Crippen LogP) is 3.77. The fourth-order valence-corrected chi connectivity index (χ4v) is 3.71. The van der Waals surface area contributed by atoms with Gasteiger partial charge in [0.05, 0.1) is 29.1 Å². The molecular formula is C26H22N6O3. The summed E-state index contributed by atoms with van der Waals surface area (Å²) < 4.78 is 7.11. The SMILES string of the molecule is CCc1ccc(C(=O)NNC(=O)c2cc(-c3cccnc3)nc3c2cnn3Cc2ccco2)cc1. The molecule has 35 heavy (non-hydrogen) atoms. The van der Waals surface area contributed by atoms with Gasteiger partial charge in [-0.05, 0) is 54.4 Å². The first-order valence-electron chi connectivity index (χ1n) is 11.1. The molecular weight excluding hydrogens is 444 g/mol. The van der Waals surface area contributed by atoms with Gasteiger partial charge in [-0.3, -0.25) is 25.4 Å². The summed E-state index contributed by atoms with van der Waals surface area (Å²) in [5.74, 6) is -0.193. The summed E-state index contributed by atoms with van der Waals surface area (Å²) in [6, 6.07) is 16.2. The molecule has 2 N–H and O–H groups in total. The van der Waals surface area contributed by atoms with Gasteiger partial charge < -0.3 is 4.42 Å². The van der Waals surface area contributed by atoms with E-state index in [0.717, 1.165) is 17.5 Å². The Morgan fingerprint density at radius 3 is 2.54 bits per heavy atom. The van der Waals surface area contributed by atoms with Crippen molar-refractivity contribution in [3.63, 3.8) is 0 Å². The third kappa shape index (κ3) is 4.65. The van der Waals surface area contributed by atoms with Crippen LogP contribution in [0.5, 0.6) is 0 Å². The minimum atomic E-state index is -0.487. The zero-order valence-corrected chi connectivity index (χ0v) is 18.9. The van der Waals surface area contributed by atoms with Crippen molar-refractivity contribution in [3.8, 4) is 11.3 Å². The number of carbonyl (C=O) groups is 2. The van der Waals surface area contributed by atoms with Crippen molar-refractivity contribution in [1.82, 2.24) is 30.6 Å². The van der Waals surface area contributed by atoms with E-state index < -0.39 is 11.8 Å². The Morgan fingerprint density at radius 1 is 1.00 bits per heavy atom. The highest BCUT2D eigenvalue weighted by Crippen LogP contribution is 2.25. The molecule has 4 aromatic heterocycles. The zero-order chi connectivity index (χ0) is 24.2. The summed E-state index contributed by atoms with van der Waals surface area (Å²) in [5.41, 5.74) is 8.70. The smallest absolute Gasteiger partial charge is 0.270 e. The first-order chi connectivity index (χ1) is 17.1. The number of carbonyl (C=O) groups excluding carboxylic acids is 2. The highest BCUT2D eigenvalue weighted by molar-refractivity contribution is 6.07. The number of nitrogens with zero attached hydrogens (tertiary/aromatic N) is 4. The van der Waals surface area contributed by atoms with E-state index in [1.54, 1.807) is 59.9 Å². The molecule has 0 radical (unpaired) electrons. The van der Waals surface area contributed by atoms with Gasteiger partial charge in [0, 0.05) is 23.5 Å². The molecule has 0 bridgehead atoms. The molecule has 2 amide bonds. The maximum atomic E-state index is 13.2. The number of hydrazine groups is 1. The lowest BCUT2D eigenvalue weighted by Gasteiger charge is -2.10. The van der Waals surface area contributed by atoms with Gasteiger partial charge in [-0.1, -0.05) is 19.1 Å². The Morgan fingerprint density at radius 2 is 1.83 bits per heavy atom. The van der Waals surface area contributed by atoms with Crippen LogP contribution < -0.4 is 10.9 Å². The third-order valence-electron chi connectivity index (χ3n) is 5.61. The fraction of sp³-hybridized carbons (Fsp3) is 0.115. The van der Waals surface area contributed by atoms with E-state index in [0.29, 0.717) is 40.2 Å². The van der Waals surface area contributed by atoms with Gasteiger partial charge in [0.15, 0.2) is 5.65 Å². The zero-order valence-electron chi connectivity index (χ0n) is 18.9. The lowest BCUT2D eigenvalue weighted by atomic mass is 10.1. The van der Waals surface area contributed by atoms with Crippen molar-refractivity contribution in [2.24, 2.45) is 0 Å². The normalized spacial score (nSPS) is 10.9. The number of hydrogen-bond acceptors (Lipinski definition) is 6. The van der Waals surface area contributed by atoms with Gasteiger partial charge >= 0.3 is 0 Å². The molecule has 0 aliphatic rings. The number of aryl methyl sites for hydroxylation is 1. The minimum absolute atomic E-state index is 0.321. The number of benzene rings is 1. The maximum Gasteiger partial charge on any atom is 0.270 e. The van der Waals surface area contributed by atoms with Gasteiger partial charge in [-0.15, -0.1) is 0 Å². The summed E-state index contributed by atoms with van der Waals surface area (Å²) in [7, 11) is 0. The van der Waals surface area contributed by atoms with E-state index in [2.05, 4.69) is 20.9 Å². The minimum Gasteiger partial charge on any atom is -0.467 e. The monoisotopic (exact) mass is 466 g/mol. The van der Waals surface area contributed by atoms with E-state index in [1.807, 2.05) is 31.2 Å². The standard InChI is InChI=1S/C26H22N6O3/c1-2-17-7-9-18(10-8-17)25(33)30-31-26(34)21-13-23(19-5-3-11-27-14-19)29-24-22(21)15-28-32(24)16-20-6-4-12-35-20/h3-15H,2,16H2,1H3,(H,30,33)(H,31,34). The molecule has 0 aliphatic heterocycles. The van der Waals surface area contributed by atoms with Crippen LogP contribution in [0.3, 0.4) is 0 Å². The van der Waals surface area contributed by atoms with Crippen LogP contribution in [-0.2, 0) is 13.0 Å². The average Bonchev–Trinajstić information content (AvgIpc) is 3.57. The van der Waals surface area contributed by atoms with Gasteiger partial charge in [-0.2, -0.15) is 5.10 Å². The summed E-state index contributed by atoms with van der Waals surface area (Å²) in [6.45, 7) is 2.40. The van der Waals surface area contributed by atoms with Gasteiger partial charge in [-0.25, -0.2) is 9.67 Å². The molecule has 9 nitrogen and oxygen atoms in total. The van der Waals surface area contributed by atoms with Crippen LogP contribution in [0.1, 0.15) is 39.0 Å². The predicted molar refractivity (Wildman–Crippen MR) is 129 cm³/mol. The quantitative estimate of drug-likeness (QED) is 0.368. The Kier molecular flexibility index (Phi) is 6.04. The second-order valence-corrected chi connectivity index (χ2v) is 7.87. The Bertz CT molecular complexity index is 1480. The summed E-state index contributed by atoms with van der Waals surface area (Å²) >= 11 is 0. The average molecular weight is 467 g/mol. The van der Waals surface area contributed by atoms with Crippen molar-refractivity contribution < 1.29 is 14.0 Å². The number of nitrogens with one attached hydrogen (secondary N) is 2. The lowest BCUT2D eigenvalue weighted by molar-refractivity contribution is 0.0847. The Balaban J connectivity index is 1.46. The lowest BCUT2D eigenvalue weighted by Crippen LogP contribution is -2.41. The van der Waals surface area contributed by atoms with Crippen LogP contribution in [0.4, 0.5) is 0 Å². The van der Waals surface area contributed by atoms with Gasteiger partial charge in [0.1, 0.15) is 12.3 Å². The summed E-state index contributed by atoms with van der Waals surface area (Å²) in [5, 5.41) is 4.96. The summed E-state index contributed by atoms with van der Waals surface area (Å²) in [6.07, 6.45) is 7.39. The number of amides is 2. The molecule has 5 rings (SSSR count). The number of furan rings is 1. The second-order valence-electron chi connectivity index (χ2n) is 7.87. The molecule has 0 unspecified atom stereocenters. The number of pyridine rings is 2. The maximum absolute atomic E-state index is 13.2. The van der Waals surface area contributed by atoms with Crippen LogP contribution in [0.15, 0.2) is 83.9 Å². The summed E-state index contributed by atoms with van der Waals surface area (Å²) in [4.78, 5) is 34.6. The van der Waals surface area contributed by atoms with Crippen molar-refractivity contribution in [3.05, 3.63) is 102 Å². The molecule has 0 spiro atoms. The van der Waals surface area contributed by atoms with Crippen molar-refractivity contribution in [2.45, 2.75) is 19.9 Å². The van der Waals surface area contributed by atoms with Crippen molar-refractivity contribution in [2.75, 3.05) is 0 Å². The largest absolute Gasteiger partial charge is 0.467 e. The van der Waals surface area contributed by atoms with Crippen LogP contribution in [0, 0.1) is 0 Å². The Labute approximate surface area is 200 Å². The van der Waals surface area contributed by atoms with E-state index in [1.165, 1.54) is 0 Å². The second kappa shape index (κ2) is 9.60. The third-order valence-corrected chi connectivity index (χ3v) is 5.61. The van der Waals surface area contributed by atoms with E-state index >= 15 is 0 Å². The molecule has 1 aromatic carbocycles. The fourth-order valence-electron chi connectivity index (χ4n) is 3.71. The number of rotatable bonds is 6. The highest BCUT2D eigenvalue weighted by atomic mass is 16.3. The topological polar surface area (TPSA) is 115 Å². The molecule has 0 saturated heterocycles. The van der Waals surface area contributed by atoms with Crippen LogP contribution in [0.2, 0.25) is 0 Å². The first-order valence-corrected chi connectivity index (χ1v) is 11.1. The van der Waals surface area contributed by atoms with E-state index in [9.17, 15) is 9.59 Å². The van der Waals surface area contributed by atoms with E-state index in [4.69, 9.17) is 9.40 Å². The van der Waals surface area contributed by atoms with Crippen molar-refractivity contribution >= 4 is 22.8 Å². The van der Waals surface area contributed by atoms with Crippen LogP contribution in [-0.4, -0.2) is 31.6 Å². The van der Waals surface area contributed by atoms with Crippen LogP contribution >= 0.6 is 0 Å². The number of aromatic nitrogens is 4. The molecule has 4 heterocycles. The van der Waals surface area contributed by atoms with Crippen molar-refractivity contribution in [1.29, 1.82) is 0 Å². The number of fused-ring (bicyclic) bond motifs is 1. The first kappa shape index (κ1) is 22.0. The molecule has 0 fully saturated rings. The van der Waals surface area contributed by atoms with E-state index in [-0.39, 0.29) is 0 Å². The molecule has 0 aliphatic carbocycles. The van der Waals surface area contributed by atoms with Crippen LogP contribution in [0.25, 0.3) is 22.3 Å².